The third-order valence-corrected chi connectivity index (χ3v) is 4.54. The van der Waals surface area contributed by atoms with Gasteiger partial charge in [0.2, 0.25) is 11.8 Å². The Bertz CT molecular complexity index is 810. The highest BCUT2D eigenvalue weighted by atomic mass is 79.9. The molecule has 0 saturated heterocycles. The van der Waals surface area contributed by atoms with Gasteiger partial charge in [-0.2, -0.15) is 0 Å². The lowest BCUT2D eigenvalue weighted by Gasteiger charge is -2.00. The van der Waals surface area contributed by atoms with E-state index in [1.807, 2.05) is 24.3 Å². The molecule has 0 atom stereocenters. The van der Waals surface area contributed by atoms with Gasteiger partial charge in [0, 0.05) is 15.4 Å². The van der Waals surface area contributed by atoms with Crippen LogP contribution in [-0.4, -0.2) is 10.2 Å². The van der Waals surface area contributed by atoms with Gasteiger partial charge >= 0.3 is 0 Å². The predicted molar refractivity (Wildman–Crippen MR) is 83.4 cm³/mol. The Hall–Kier alpha value is -1.73. The first-order valence-corrected chi connectivity index (χ1v) is 8.06. The first-order valence-electron chi connectivity index (χ1n) is 6.28. The summed E-state index contributed by atoms with van der Waals surface area (Å²) >= 11 is 4.59. The fraction of sp³-hybridized carbons (Fsp3) is 0.0667. The SMILES string of the molecule is Fc1ccc(SCc2nnc(-c3ccccc3Br)o2)c(F)c1. The molecule has 22 heavy (non-hydrogen) atoms. The highest BCUT2D eigenvalue weighted by Gasteiger charge is 2.12. The van der Waals surface area contributed by atoms with Crippen molar-refractivity contribution in [2.75, 3.05) is 0 Å². The lowest BCUT2D eigenvalue weighted by molar-refractivity contribution is 0.528. The quantitative estimate of drug-likeness (QED) is 0.590. The average Bonchev–Trinajstić information content (AvgIpc) is 2.95. The van der Waals surface area contributed by atoms with Gasteiger partial charge < -0.3 is 4.42 Å². The molecule has 0 aliphatic heterocycles. The van der Waals surface area contributed by atoms with Gasteiger partial charge in [-0.3, -0.25) is 0 Å². The van der Waals surface area contributed by atoms with Crippen molar-refractivity contribution in [2.45, 2.75) is 10.6 Å². The van der Waals surface area contributed by atoms with Gasteiger partial charge in [-0.15, -0.1) is 22.0 Å². The van der Waals surface area contributed by atoms with Crippen LogP contribution in [0.15, 0.2) is 56.2 Å². The minimum Gasteiger partial charge on any atom is -0.420 e. The smallest absolute Gasteiger partial charge is 0.248 e. The summed E-state index contributed by atoms with van der Waals surface area (Å²) in [5.41, 5.74) is 0.791. The number of nitrogens with zero attached hydrogens (tertiary/aromatic N) is 2. The van der Waals surface area contributed by atoms with Crippen molar-refractivity contribution >= 4 is 27.7 Å². The second-order valence-electron chi connectivity index (χ2n) is 4.34. The van der Waals surface area contributed by atoms with Crippen LogP contribution in [0.25, 0.3) is 11.5 Å². The molecule has 0 amide bonds. The molecule has 0 fully saturated rings. The van der Waals surface area contributed by atoms with E-state index in [2.05, 4.69) is 26.1 Å². The first-order chi connectivity index (χ1) is 10.6. The molecule has 1 aromatic heterocycles. The summed E-state index contributed by atoms with van der Waals surface area (Å²) in [6.07, 6.45) is 0. The lowest BCUT2D eigenvalue weighted by atomic mass is 10.2. The van der Waals surface area contributed by atoms with Gasteiger partial charge in [0.05, 0.1) is 11.3 Å². The standard InChI is InChI=1S/C15H9BrF2N2OS/c16-11-4-2-1-3-10(11)15-20-19-14(21-15)8-22-13-6-5-9(17)7-12(13)18/h1-7H,8H2. The molecule has 0 N–H and O–H groups in total. The Labute approximate surface area is 137 Å². The molecule has 112 valence electrons. The Kier molecular flexibility index (Phi) is 4.54. The number of rotatable bonds is 4. The van der Waals surface area contributed by atoms with Crippen molar-refractivity contribution in [3.05, 3.63) is 64.5 Å². The maximum atomic E-state index is 13.5. The van der Waals surface area contributed by atoms with Gasteiger partial charge in [0.15, 0.2) is 0 Å². The van der Waals surface area contributed by atoms with Gasteiger partial charge in [0.1, 0.15) is 11.6 Å². The zero-order chi connectivity index (χ0) is 15.5. The van der Waals surface area contributed by atoms with E-state index in [0.29, 0.717) is 22.4 Å². The van der Waals surface area contributed by atoms with E-state index in [1.165, 1.54) is 23.9 Å². The number of halogens is 3. The molecule has 0 aliphatic rings. The fourth-order valence-electron chi connectivity index (χ4n) is 1.79. The summed E-state index contributed by atoms with van der Waals surface area (Å²) in [7, 11) is 0. The molecule has 3 nitrogen and oxygen atoms in total. The summed E-state index contributed by atoms with van der Waals surface area (Å²) < 4.78 is 32.8. The number of aromatic nitrogens is 2. The largest absolute Gasteiger partial charge is 0.420 e. The van der Waals surface area contributed by atoms with E-state index in [4.69, 9.17) is 4.42 Å². The van der Waals surface area contributed by atoms with E-state index in [1.54, 1.807) is 0 Å². The van der Waals surface area contributed by atoms with E-state index in [0.717, 1.165) is 16.1 Å². The zero-order valence-electron chi connectivity index (χ0n) is 11.1. The van der Waals surface area contributed by atoms with E-state index in [-0.39, 0.29) is 0 Å². The molecular weight excluding hydrogens is 374 g/mol. The highest BCUT2D eigenvalue weighted by molar-refractivity contribution is 9.10. The van der Waals surface area contributed by atoms with Crippen molar-refractivity contribution in [1.82, 2.24) is 10.2 Å². The topological polar surface area (TPSA) is 38.9 Å². The summed E-state index contributed by atoms with van der Waals surface area (Å²) in [5.74, 6) is -0.131. The number of hydrogen-bond donors (Lipinski definition) is 0. The maximum absolute atomic E-state index is 13.5. The molecule has 0 bridgehead atoms. The van der Waals surface area contributed by atoms with Crippen molar-refractivity contribution in [2.24, 2.45) is 0 Å². The third-order valence-electron chi connectivity index (χ3n) is 2.82. The normalized spacial score (nSPS) is 10.9. The van der Waals surface area contributed by atoms with Crippen molar-refractivity contribution in [3.8, 4) is 11.5 Å². The van der Waals surface area contributed by atoms with Crippen LogP contribution in [0.2, 0.25) is 0 Å². The van der Waals surface area contributed by atoms with Crippen molar-refractivity contribution in [3.63, 3.8) is 0 Å². The average molecular weight is 383 g/mol. The number of thioether (sulfide) groups is 1. The minimum absolute atomic E-state index is 0.306. The molecular formula is C15H9BrF2N2OS. The van der Waals surface area contributed by atoms with Gasteiger partial charge in [-0.1, -0.05) is 12.1 Å². The van der Waals surface area contributed by atoms with Crippen molar-refractivity contribution < 1.29 is 13.2 Å². The van der Waals surface area contributed by atoms with E-state index in [9.17, 15) is 8.78 Å². The molecule has 3 rings (SSSR count). The Morgan fingerprint density at radius 3 is 2.68 bits per heavy atom. The lowest BCUT2D eigenvalue weighted by Crippen LogP contribution is -1.85. The van der Waals surface area contributed by atoms with Crippen LogP contribution in [-0.2, 0) is 5.75 Å². The van der Waals surface area contributed by atoms with Crippen LogP contribution in [0.1, 0.15) is 5.89 Å². The summed E-state index contributed by atoms with van der Waals surface area (Å²) in [6.45, 7) is 0. The van der Waals surface area contributed by atoms with Crippen LogP contribution < -0.4 is 0 Å². The highest BCUT2D eigenvalue weighted by Crippen LogP contribution is 2.29. The van der Waals surface area contributed by atoms with Crippen LogP contribution in [0.5, 0.6) is 0 Å². The van der Waals surface area contributed by atoms with Crippen LogP contribution >= 0.6 is 27.7 Å². The second-order valence-corrected chi connectivity index (χ2v) is 6.22. The fourth-order valence-corrected chi connectivity index (χ4v) is 3.00. The number of hydrogen-bond acceptors (Lipinski definition) is 4. The predicted octanol–water partition coefficient (Wildman–Crippen LogP) is 5.07. The minimum atomic E-state index is -0.601. The van der Waals surface area contributed by atoms with Crippen LogP contribution in [0, 0.1) is 11.6 Å². The van der Waals surface area contributed by atoms with Gasteiger partial charge in [-0.25, -0.2) is 8.78 Å². The van der Waals surface area contributed by atoms with E-state index >= 15 is 0 Å². The molecule has 0 unspecified atom stereocenters. The molecule has 2 aromatic carbocycles. The molecule has 0 saturated carbocycles. The maximum Gasteiger partial charge on any atom is 0.248 e. The Morgan fingerprint density at radius 1 is 1.09 bits per heavy atom. The van der Waals surface area contributed by atoms with E-state index < -0.39 is 11.6 Å². The zero-order valence-corrected chi connectivity index (χ0v) is 13.5. The second kappa shape index (κ2) is 6.58. The Morgan fingerprint density at radius 2 is 1.91 bits per heavy atom. The van der Waals surface area contributed by atoms with Crippen LogP contribution in [0.3, 0.4) is 0 Å². The summed E-state index contributed by atoms with van der Waals surface area (Å²) in [4.78, 5) is 0.335. The number of benzene rings is 2. The molecule has 7 heteroatoms. The monoisotopic (exact) mass is 382 g/mol. The molecule has 1 heterocycles. The third kappa shape index (κ3) is 3.36. The van der Waals surface area contributed by atoms with Gasteiger partial charge in [0.25, 0.3) is 0 Å². The Balaban J connectivity index is 1.74. The van der Waals surface area contributed by atoms with Gasteiger partial charge in [-0.05, 0) is 40.2 Å². The van der Waals surface area contributed by atoms with Crippen molar-refractivity contribution in [1.29, 1.82) is 0 Å². The molecule has 0 aliphatic carbocycles. The molecule has 3 aromatic rings. The molecule has 0 spiro atoms. The molecule has 0 radical (unpaired) electrons. The first kappa shape index (κ1) is 15.2. The summed E-state index contributed by atoms with van der Waals surface area (Å²) in [6, 6.07) is 10.9. The van der Waals surface area contributed by atoms with Crippen LogP contribution in [0.4, 0.5) is 8.78 Å². The summed E-state index contributed by atoms with van der Waals surface area (Å²) in [5, 5.41) is 7.92.